The number of hydrogen-bond donors (Lipinski definition) is 1. The monoisotopic (exact) mass is 227 g/mol. The van der Waals surface area contributed by atoms with Crippen LogP contribution in [0.4, 0.5) is 0 Å². The summed E-state index contributed by atoms with van der Waals surface area (Å²) in [6, 6.07) is 0. The summed E-state index contributed by atoms with van der Waals surface area (Å²) in [5.74, 6) is -0.520. The van der Waals surface area contributed by atoms with E-state index in [1.165, 1.54) is 0 Å². The summed E-state index contributed by atoms with van der Waals surface area (Å²) in [5, 5.41) is 9.05. The number of hydrogen-bond acceptors (Lipinski definition) is 2. The number of rotatable bonds is 1. The first-order chi connectivity index (χ1) is 6.95. The van der Waals surface area contributed by atoms with Crippen molar-refractivity contribution in [3.05, 3.63) is 22.2 Å². The lowest BCUT2D eigenvalue weighted by Crippen LogP contribution is -2.03. The summed E-state index contributed by atoms with van der Waals surface area (Å²) in [6.45, 7) is 3.75. The van der Waals surface area contributed by atoms with Crippen LogP contribution in [0.5, 0.6) is 0 Å². The van der Waals surface area contributed by atoms with Gasteiger partial charge in [-0.3, -0.25) is 4.40 Å². The molecule has 1 N–H and O–H groups in total. The van der Waals surface area contributed by atoms with Gasteiger partial charge in [-0.05, 0) is 13.8 Å². The van der Waals surface area contributed by atoms with E-state index < -0.39 is 5.97 Å². The van der Waals surface area contributed by atoms with Gasteiger partial charge in [0.25, 0.3) is 0 Å². The quantitative estimate of drug-likeness (QED) is 0.806. The molecule has 0 unspecified atom stereocenters. The summed E-state index contributed by atoms with van der Waals surface area (Å²) >= 11 is 5.77. The molecule has 0 saturated heterocycles. The molecule has 0 aromatic carbocycles. The number of halogens is 1. The van der Waals surface area contributed by atoms with Crippen LogP contribution in [0.1, 0.15) is 21.9 Å². The standard InChI is InChI=1S/C9H10ClN3O2/c1-4-5(2)13-6(8(14)15)7(10)11-9(13)12(4)3/h1-3H3,(H,14,15). The maximum Gasteiger partial charge on any atom is 0.356 e. The van der Waals surface area contributed by atoms with Crippen LogP contribution in [0.25, 0.3) is 5.78 Å². The Kier molecular flexibility index (Phi) is 2.01. The third-order valence-corrected chi connectivity index (χ3v) is 2.95. The smallest absolute Gasteiger partial charge is 0.356 e. The number of imidazole rings is 2. The maximum atomic E-state index is 11.0. The van der Waals surface area contributed by atoms with Crippen LogP contribution in [0.3, 0.4) is 0 Å². The first-order valence-corrected chi connectivity index (χ1v) is 4.76. The second-order valence-corrected chi connectivity index (χ2v) is 3.78. The molecular formula is C9H10ClN3O2. The van der Waals surface area contributed by atoms with E-state index in [1.54, 1.807) is 4.40 Å². The van der Waals surface area contributed by atoms with Gasteiger partial charge in [0, 0.05) is 18.4 Å². The van der Waals surface area contributed by atoms with Gasteiger partial charge in [-0.25, -0.2) is 4.79 Å². The van der Waals surface area contributed by atoms with Gasteiger partial charge < -0.3 is 9.67 Å². The molecule has 0 aliphatic carbocycles. The largest absolute Gasteiger partial charge is 0.476 e. The highest BCUT2D eigenvalue weighted by Crippen LogP contribution is 2.22. The number of aromatic carboxylic acids is 1. The summed E-state index contributed by atoms with van der Waals surface area (Å²) in [6.07, 6.45) is 0. The normalized spacial score (nSPS) is 11.2. The molecule has 0 fully saturated rings. The maximum absolute atomic E-state index is 11.0. The third-order valence-electron chi connectivity index (χ3n) is 2.68. The van der Waals surface area contributed by atoms with Crippen LogP contribution >= 0.6 is 11.6 Å². The van der Waals surface area contributed by atoms with Gasteiger partial charge in [0.15, 0.2) is 10.8 Å². The van der Waals surface area contributed by atoms with Crippen LogP contribution in [-0.2, 0) is 7.05 Å². The highest BCUT2D eigenvalue weighted by Gasteiger charge is 2.22. The molecule has 0 bridgehead atoms. The van der Waals surface area contributed by atoms with Gasteiger partial charge in [0.1, 0.15) is 0 Å². The molecule has 0 aliphatic heterocycles. The third kappa shape index (κ3) is 1.16. The molecule has 0 atom stereocenters. The van der Waals surface area contributed by atoms with E-state index in [0.717, 1.165) is 11.4 Å². The van der Waals surface area contributed by atoms with Gasteiger partial charge in [0.05, 0.1) is 0 Å². The predicted molar refractivity (Wildman–Crippen MR) is 55.6 cm³/mol. The minimum Gasteiger partial charge on any atom is -0.476 e. The van der Waals surface area contributed by atoms with Gasteiger partial charge in [-0.2, -0.15) is 4.98 Å². The lowest BCUT2D eigenvalue weighted by Gasteiger charge is -1.96. The van der Waals surface area contributed by atoms with Gasteiger partial charge >= 0.3 is 5.97 Å². The Morgan fingerprint density at radius 3 is 2.53 bits per heavy atom. The van der Waals surface area contributed by atoms with E-state index in [2.05, 4.69) is 4.98 Å². The zero-order valence-electron chi connectivity index (χ0n) is 8.58. The van der Waals surface area contributed by atoms with E-state index in [9.17, 15) is 4.79 Å². The number of fused-ring (bicyclic) bond motifs is 1. The first kappa shape index (κ1) is 10.0. The Bertz CT molecular complexity index is 568. The molecule has 80 valence electrons. The molecule has 6 heteroatoms. The van der Waals surface area contributed by atoms with Crippen LogP contribution in [-0.4, -0.2) is 25.0 Å². The van der Waals surface area contributed by atoms with E-state index in [4.69, 9.17) is 16.7 Å². The predicted octanol–water partition coefficient (Wildman–Crippen LogP) is 1.64. The Labute approximate surface area is 90.9 Å². The van der Waals surface area contributed by atoms with Crippen molar-refractivity contribution < 1.29 is 9.90 Å². The SMILES string of the molecule is Cc1c(C)n2c(C(=O)O)c(Cl)nc2n1C. The van der Waals surface area contributed by atoms with Crippen molar-refractivity contribution in [3.8, 4) is 0 Å². The number of aryl methyl sites for hydroxylation is 2. The molecular weight excluding hydrogens is 218 g/mol. The molecule has 0 amide bonds. The minimum atomic E-state index is -1.07. The van der Waals surface area contributed by atoms with Crippen LogP contribution in [0.15, 0.2) is 0 Å². The molecule has 2 heterocycles. The summed E-state index contributed by atoms with van der Waals surface area (Å²) in [7, 11) is 1.83. The minimum absolute atomic E-state index is 0.0212. The summed E-state index contributed by atoms with van der Waals surface area (Å²) < 4.78 is 3.37. The fourth-order valence-electron chi connectivity index (χ4n) is 1.66. The average molecular weight is 228 g/mol. The lowest BCUT2D eigenvalue weighted by molar-refractivity contribution is 0.0689. The fourth-order valence-corrected chi connectivity index (χ4v) is 1.91. The molecule has 15 heavy (non-hydrogen) atoms. The summed E-state index contributed by atoms with van der Waals surface area (Å²) in [4.78, 5) is 15.0. The van der Waals surface area contributed by atoms with Gasteiger partial charge in [-0.15, -0.1) is 0 Å². The molecule has 5 nitrogen and oxygen atoms in total. The Hall–Kier alpha value is -1.49. The molecule has 0 aliphatic rings. The Morgan fingerprint density at radius 1 is 1.40 bits per heavy atom. The number of nitrogens with zero attached hydrogens (tertiary/aromatic N) is 3. The molecule has 0 radical (unpaired) electrons. The number of carbonyl (C=O) groups is 1. The molecule has 0 spiro atoms. The second-order valence-electron chi connectivity index (χ2n) is 3.42. The number of carboxylic acid groups (broad SMARTS) is 1. The van der Waals surface area contributed by atoms with E-state index >= 15 is 0 Å². The zero-order valence-corrected chi connectivity index (χ0v) is 9.33. The Balaban J connectivity index is 2.98. The Morgan fingerprint density at radius 2 is 2.00 bits per heavy atom. The molecule has 2 aromatic rings. The van der Waals surface area contributed by atoms with Crippen molar-refractivity contribution in [2.45, 2.75) is 13.8 Å². The van der Waals surface area contributed by atoms with Crippen LogP contribution in [0, 0.1) is 13.8 Å². The van der Waals surface area contributed by atoms with Crippen molar-refractivity contribution >= 4 is 23.3 Å². The van der Waals surface area contributed by atoms with E-state index in [-0.39, 0.29) is 10.8 Å². The van der Waals surface area contributed by atoms with Crippen molar-refractivity contribution in [3.63, 3.8) is 0 Å². The molecule has 2 rings (SSSR count). The number of carboxylic acids is 1. The van der Waals surface area contributed by atoms with E-state index in [0.29, 0.717) is 5.78 Å². The fraction of sp³-hybridized carbons (Fsp3) is 0.333. The lowest BCUT2D eigenvalue weighted by atomic mass is 10.3. The second kappa shape index (κ2) is 3.00. The van der Waals surface area contributed by atoms with Crippen molar-refractivity contribution in [1.29, 1.82) is 0 Å². The highest BCUT2D eigenvalue weighted by molar-refractivity contribution is 6.32. The zero-order chi connectivity index (χ0) is 11.3. The summed E-state index contributed by atoms with van der Waals surface area (Å²) in [5.41, 5.74) is 1.83. The average Bonchev–Trinajstić information content (AvgIpc) is 2.59. The van der Waals surface area contributed by atoms with Gasteiger partial charge in [-0.1, -0.05) is 11.6 Å². The van der Waals surface area contributed by atoms with E-state index in [1.807, 2.05) is 25.5 Å². The van der Waals surface area contributed by atoms with Crippen LogP contribution in [0.2, 0.25) is 5.15 Å². The highest BCUT2D eigenvalue weighted by atomic mass is 35.5. The number of aromatic nitrogens is 3. The molecule has 2 aromatic heterocycles. The topological polar surface area (TPSA) is 59.5 Å². The first-order valence-electron chi connectivity index (χ1n) is 4.38. The van der Waals surface area contributed by atoms with Crippen molar-refractivity contribution in [2.75, 3.05) is 0 Å². The molecule has 0 saturated carbocycles. The van der Waals surface area contributed by atoms with Crippen LogP contribution < -0.4 is 0 Å². The van der Waals surface area contributed by atoms with Gasteiger partial charge in [0.2, 0.25) is 5.78 Å². The van der Waals surface area contributed by atoms with Crippen molar-refractivity contribution in [2.24, 2.45) is 7.05 Å². The van der Waals surface area contributed by atoms with Crippen molar-refractivity contribution in [1.82, 2.24) is 14.0 Å².